The zero-order chi connectivity index (χ0) is 15.7. The zero-order valence-electron chi connectivity index (χ0n) is 13.2. The summed E-state index contributed by atoms with van der Waals surface area (Å²) in [4.78, 5) is 25.3. The average Bonchev–Trinajstić information content (AvgIpc) is 2.35. The van der Waals surface area contributed by atoms with E-state index in [2.05, 4.69) is 20.8 Å². The molecule has 116 valence electrons. The van der Waals surface area contributed by atoms with Crippen molar-refractivity contribution in [3.05, 3.63) is 0 Å². The minimum atomic E-state index is -0.943. The summed E-state index contributed by atoms with van der Waals surface area (Å²) < 4.78 is 0. The monoisotopic (exact) mass is 284 g/mol. The van der Waals surface area contributed by atoms with E-state index in [0.29, 0.717) is 6.42 Å². The molecule has 0 aliphatic heterocycles. The van der Waals surface area contributed by atoms with E-state index in [1.54, 1.807) is 14.0 Å². The van der Waals surface area contributed by atoms with Gasteiger partial charge in [0, 0.05) is 19.0 Å². The van der Waals surface area contributed by atoms with Crippen molar-refractivity contribution < 1.29 is 14.7 Å². The number of carbonyl (C=O) groups is 2. The van der Waals surface area contributed by atoms with Crippen LogP contribution in [0.1, 0.15) is 47.0 Å². The fraction of sp³-hybridized carbons (Fsp3) is 0.867. The summed E-state index contributed by atoms with van der Waals surface area (Å²) in [6, 6.07) is -0.634. The van der Waals surface area contributed by atoms with Crippen LogP contribution in [-0.4, -0.2) is 41.0 Å². The Bertz CT molecular complexity index is 381. The van der Waals surface area contributed by atoms with E-state index >= 15 is 0 Å². The van der Waals surface area contributed by atoms with Crippen molar-refractivity contribution in [2.75, 3.05) is 7.05 Å². The van der Waals surface area contributed by atoms with Crippen LogP contribution in [0.15, 0.2) is 0 Å². The smallest absolute Gasteiger partial charge is 0.326 e. The van der Waals surface area contributed by atoms with Crippen molar-refractivity contribution in [3.8, 4) is 0 Å². The molecule has 0 aromatic heterocycles. The largest absolute Gasteiger partial charge is 0.480 e. The summed E-state index contributed by atoms with van der Waals surface area (Å²) >= 11 is 0. The van der Waals surface area contributed by atoms with Crippen molar-refractivity contribution in [2.45, 2.75) is 59.0 Å². The van der Waals surface area contributed by atoms with Gasteiger partial charge < -0.3 is 15.7 Å². The van der Waals surface area contributed by atoms with Crippen molar-refractivity contribution >= 4 is 11.9 Å². The highest BCUT2D eigenvalue weighted by molar-refractivity contribution is 5.85. The van der Waals surface area contributed by atoms with Crippen LogP contribution in [-0.2, 0) is 9.59 Å². The second-order valence-corrected chi connectivity index (χ2v) is 6.62. The first-order valence-corrected chi connectivity index (χ1v) is 7.39. The number of carboxylic acid groups (broad SMARTS) is 1. The van der Waals surface area contributed by atoms with Gasteiger partial charge in [0.1, 0.15) is 6.04 Å². The average molecular weight is 284 g/mol. The highest BCUT2D eigenvalue weighted by Gasteiger charge is 2.46. The van der Waals surface area contributed by atoms with Gasteiger partial charge in [-0.1, -0.05) is 27.7 Å². The molecule has 0 aromatic rings. The summed E-state index contributed by atoms with van der Waals surface area (Å²) in [7, 11) is 1.60. The molecule has 1 fully saturated rings. The van der Waals surface area contributed by atoms with Crippen LogP contribution in [0, 0.1) is 17.3 Å². The zero-order valence-corrected chi connectivity index (χ0v) is 13.2. The van der Waals surface area contributed by atoms with Gasteiger partial charge in [-0.05, 0) is 30.6 Å². The Hall–Kier alpha value is -1.10. The van der Waals surface area contributed by atoms with Gasteiger partial charge in [-0.15, -0.1) is 0 Å². The van der Waals surface area contributed by atoms with Gasteiger partial charge in [-0.3, -0.25) is 4.79 Å². The van der Waals surface area contributed by atoms with Crippen LogP contribution in [0.5, 0.6) is 0 Å². The predicted octanol–water partition coefficient (Wildman–Crippen LogP) is 1.71. The number of carbonyl (C=O) groups excluding carboxylic acids is 1. The normalized spacial score (nSPS) is 30.6. The molecule has 0 radical (unpaired) electrons. The van der Waals surface area contributed by atoms with Gasteiger partial charge in [0.05, 0.1) is 0 Å². The van der Waals surface area contributed by atoms with Crippen molar-refractivity contribution in [3.63, 3.8) is 0 Å². The number of hydrogen-bond donors (Lipinski definition) is 2. The molecule has 1 amide bonds. The molecule has 4 unspecified atom stereocenters. The molecule has 5 nitrogen and oxygen atoms in total. The molecular weight excluding hydrogens is 256 g/mol. The van der Waals surface area contributed by atoms with Crippen molar-refractivity contribution in [1.29, 1.82) is 0 Å². The molecule has 1 aliphatic carbocycles. The van der Waals surface area contributed by atoms with Gasteiger partial charge in [-0.2, -0.15) is 0 Å². The van der Waals surface area contributed by atoms with E-state index in [0.717, 1.165) is 12.8 Å². The second-order valence-electron chi connectivity index (χ2n) is 6.62. The highest BCUT2D eigenvalue weighted by Crippen LogP contribution is 2.45. The van der Waals surface area contributed by atoms with E-state index in [4.69, 9.17) is 5.73 Å². The third kappa shape index (κ3) is 2.97. The third-order valence-electron chi connectivity index (χ3n) is 5.29. The Morgan fingerprint density at radius 1 is 1.40 bits per heavy atom. The topological polar surface area (TPSA) is 83.6 Å². The van der Waals surface area contributed by atoms with Crippen LogP contribution >= 0.6 is 0 Å². The minimum Gasteiger partial charge on any atom is -0.480 e. The third-order valence-corrected chi connectivity index (χ3v) is 5.29. The lowest BCUT2D eigenvalue weighted by atomic mass is 9.60. The lowest BCUT2D eigenvalue weighted by Crippen LogP contribution is -2.54. The summed E-state index contributed by atoms with van der Waals surface area (Å²) in [6.45, 7) is 8.00. The summed E-state index contributed by atoms with van der Waals surface area (Å²) in [5, 5.41) is 9.20. The fourth-order valence-corrected chi connectivity index (χ4v) is 3.31. The van der Waals surface area contributed by atoms with Gasteiger partial charge in [-0.25, -0.2) is 4.79 Å². The van der Waals surface area contributed by atoms with Crippen LogP contribution < -0.4 is 5.73 Å². The Kier molecular flexibility index (Phi) is 5.19. The molecule has 1 aliphatic rings. The molecule has 1 saturated carbocycles. The minimum absolute atomic E-state index is 0.0667. The van der Waals surface area contributed by atoms with Gasteiger partial charge in [0.25, 0.3) is 0 Å². The molecule has 3 N–H and O–H groups in total. The molecule has 20 heavy (non-hydrogen) atoms. The van der Waals surface area contributed by atoms with Crippen LogP contribution in [0.3, 0.4) is 0 Å². The summed E-state index contributed by atoms with van der Waals surface area (Å²) in [6.07, 6.45) is 1.97. The quantitative estimate of drug-likeness (QED) is 0.823. The van der Waals surface area contributed by atoms with E-state index in [1.807, 2.05) is 0 Å². The molecule has 1 rings (SSSR count). The Morgan fingerprint density at radius 3 is 2.40 bits per heavy atom. The summed E-state index contributed by atoms with van der Waals surface area (Å²) in [5.41, 5.74) is 5.90. The number of aliphatic carboxylic acids is 1. The second kappa shape index (κ2) is 6.12. The molecule has 0 bridgehead atoms. The van der Waals surface area contributed by atoms with E-state index < -0.39 is 12.0 Å². The molecule has 0 heterocycles. The number of carboxylic acids is 1. The summed E-state index contributed by atoms with van der Waals surface area (Å²) in [5.74, 6) is -0.927. The first kappa shape index (κ1) is 17.0. The number of likely N-dealkylation sites (N-methyl/N-ethyl adjacent to an activating group) is 1. The first-order chi connectivity index (χ1) is 9.14. The Balaban J connectivity index is 2.93. The maximum atomic E-state index is 12.7. The molecule has 4 atom stereocenters. The Labute approximate surface area is 121 Å². The van der Waals surface area contributed by atoms with Crippen LogP contribution in [0.2, 0.25) is 0 Å². The molecule has 5 heteroatoms. The fourth-order valence-electron chi connectivity index (χ4n) is 3.31. The van der Waals surface area contributed by atoms with Gasteiger partial charge in [0.15, 0.2) is 0 Å². The molecule has 0 spiro atoms. The van der Waals surface area contributed by atoms with Gasteiger partial charge >= 0.3 is 5.97 Å². The number of hydrogen-bond acceptors (Lipinski definition) is 3. The Morgan fingerprint density at radius 2 is 1.95 bits per heavy atom. The van der Waals surface area contributed by atoms with Gasteiger partial charge in [0.2, 0.25) is 5.91 Å². The molecular formula is C15H28N2O3. The number of amides is 1. The van der Waals surface area contributed by atoms with Crippen LogP contribution in [0.25, 0.3) is 0 Å². The maximum absolute atomic E-state index is 12.7. The van der Waals surface area contributed by atoms with Crippen LogP contribution in [0.4, 0.5) is 0 Å². The number of nitrogens with two attached hydrogens (primary N) is 1. The SMILES string of the molecule is CCC(C(=O)O)N(C)C(=O)C1CCC(N)C(C)C1(C)C. The van der Waals surface area contributed by atoms with E-state index in [1.165, 1.54) is 4.90 Å². The number of nitrogens with zero attached hydrogens (tertiary/aromatic N) is 1. The predicted molar refractivity (Wildman–Crippen MR) is 78.1 cm³/mol. The molecule has 0 saturated heterocycles. The number of rotatable bonds is 4. The first-order valence-electron chi connectivity index (χ1n) is 7.39. The van der Waals surface area contributed by atoms with E-state index in [9.17, 15) is 14.7 Å². The lowest BCUT2D eigenvalue weighted by molar-refractivity contribution is -0.154. The lowest BCUT2D eigenvalue weighted by Gasteiger charge is -2.47. The standard InChI is InChI=1S/C15H28N2O3/c1-6-12(14(19)20)17(5)13(18)10-7-8-11(16)9(2)15(10,3)4/h9-12H,6-8,16H2,1-5H3,(H,19,20). The van der Waals surface area contributed by atoms with E-state index in [-0.39, 0.29) is 29.2 Å². The maximum Gasteiger partial charge on any atom is 0.326 e. The molecule has 0 aromatic carbocycles. The highest BCUT2D eigenvalue weighted by atomic mass is 16.4. The van der Waals surface area contributed by atoms with Crippen molar-refractivity contribution in [1.82, 2.24) is 4.90 Å². The van der Waals surface area contributed by atoms with Crippen molar-refractivity contribution in [2.24, 2.45) is 23.0 Å².